The van der Waals surface area contributed by atoms with Gasteiger partial charge in [-0.2, -0.15) is 0 Å². The van der Waals surface area contributed by atoms with Gasteiger partial charge in [-0.3, -0.25) is 4.79 Å². The third-order valence-corrected chi connectivity index (χ3v) is 5.50. The van der Waals surface area contributed by atoms with E-state index in [0.717, 1.165) is 0 Å². The van der Waals surface area contributed by atoms with Crippen LogP contribution in [0.5, 0.6) is 5.75 Å². The summed E-state index contributed by atoms with van der Waals surface area (Å²) in [5.41, 5.74) is 2.62. The molecule has 3 nitrogen and oxygen atoms in total. The van der Waals surface area contributed by atoms with E-state index in [1.807, 2.05) is 6.07 Å². The zero-order chi connectivity index (χ0) is 22.9. The molecule has 1 aromatic heterocycles. The summed E-state index contributed by atoms with van der Waals surface area (Å²) < 4.78 is 27.9. The van der Waals surface area contributed by atoms with Crippen LogP contribution in [-0.2, 0) is 0 Å². The molecule has 0 unspecified atom stereocenters. The number of hydrogen-bond acceptors (Lipinski definition) is 3. The van der Waals surface area contributed by atoms with Gasteiger partial charge in [0.15, 0.2) is 5.78 Å². The molecule has 5 rings (SSSR count). The van der Waals surface area contributed by atoms with E-state index in [0.29, 0.717) is 33.2 Å². The number of rotatable bonds is 4. The van der Waals surface area contributed by atoms with E-state index in [1.54, 1.807) is 60.7 Å². The number of carbonyl (C=O) groups excluding carboxylic acids is 1. The number of aromatic hydroxyl groups is 1. The molecule has 0 aliphatic rings. The number of phenols is 1. The van der Waals surface area contributed by atoms with Gasteiger partial charge in [-0.15, -0.1) is 0 Å². The summed E-state index contributed by atoms with van der Waals surface area (Å²) in [6.07, 6.45) is 0. The Morgan fingerprint density at radius 2 is 1.42 bits per heavy atom. The number of ketones is 1. The number of hydrogen-bond donors (Lipinski definition) is 1. The van der Waals surface area contributed by atoms with Gasteiger partial charge in [0.2, 0.25) is 0 Å². The first-order chi connectivity index (χ1) is 16.0. The van der Waals surface area contributed by atoms with Crippen LogP contribution in [0.4, 0.5) is 8.78 Å². The van der Waals surface area contributed by atoms with Gasteiger partial charge >= 0.3 is 0 Å². The topological polar surface area (TPSA) is 50.2 Å². The number of aromatic nitrogens is 1. The Morgan fingerprint density at radius 1 is 0.758 bits per heavy atom. The highest BCUT2D eigenvalue weighted by Gasteiger charge is 2.25. The van der Waals surface area contributed by atoms with Crippen LogP contribution in [0.15, 0.2) is 97.1 Å². The first-order valence-corrected chi connectivity index (χ1v) is 10.3. The summed E-state index contributed by atoms with van der Waals surface area (Å²) in [6.45, 7) is 0. The van der Waals surface area contributed by atoms with Crippen molar-refractivity contribution in [1.82, 2.24) is 4.98 Å². The Bertz CT molecular complexity index is 1500. The van der Waals surface area contributed by atoms with Crippen molar-refractivity contribution in [2.45, 2.75) is 0 Å². The maximum absolute atomic E-state index is 14.2. The average Bonchev–Trinajstić information content (AvgIpc) is 2.84. The molecule has 0 saturated carbocycles. The Balaban J connectivity index is 1.95. The average molecular weight is 437 g/mol. The molecule has 0 saturated heterocycles. The monoisotopic (exact) mass is 437 g/mol. The van der Waals surface area contributed by atoms with Crippen molar-refractivity contribution in [3.05, 3.63) is 120 Å². The lowest BCUT2D eigenvalue weighted by Crippen LogP contribution is -2.09. The van der Waals surface area contributed by atoms with Crippen molar-refractivity contribution in [1.29, 1.82) is 0 Å². The van der Waals surface area contributed by atoms with Crippen LogP contribution in [0.25, 0.3) is 33.3 Å². The van der Waals surface area contributed by atoms with E-state index in [2.05, 4.69) is 4.98 Å². The lowest BCUT2D eigenvalue weighted by atomic mass is 9.87. The van der Waals surface area contributed by atoms with Gasteiger partial charge in [-0.05, 0) is 42.0 Å². The minimum Gasteiger partial charge on any atom is -0.507 e. The maximum Gasteiger partial charge on any atom is 0.195 e. The van der Waals surface area contributed by atoms with Crippen molar-refractivity contribution in [2.75, 3.05) is 0 Å². The van der Waals surface area contributed by atoms with E-state index < -0.39 is 11.6 Å². The summed E-state index contributed by atoms with van der Waals surface area (Å²) in [5.74, 6) is -1.27. The molecule has 1 N–H and O–H groups in total. The molecule has 160 valence electrons. The molecule has 0 spiro atoms. The standard InChI is InChI=1S/C28H17F2NO2/c29-19-12-10-17(11-13-19)25-21-15-14-20(30)16-23(21)31-27(22-8-4-5-9-24(22)32)26(25)28(33)18-6-2-1-3-7-18/h1-16,32H. The molecule has 0 fully saturated rings. The molecule has 1 heterocycles. The predicted octanol–water partition coefficient (Wildman–Crippen LogP) is 6.78. The summed E-state index contributed by atoms with van der Waals surface area (Å²) >= 11 is 0. The number of para-hydroxylation sites is 1. The number of phenolic OH excluding ortho intramolecular Hbond substituents is 1. The molecular formula is C28H17F2NO2. The Labute approximate surface area is 188 Å². The van der Waals surface area contributed by atoms with E-state index in [4.69, 9.17) is 0 Å². The number of nitrogens with zero attached hydrogens (tertiary/aromatic N) is 1. The van der Waals surface area contributed by atoms with Crippen molar-refractivity contribution >= 4 is 16.7 Å². The largest absolute Gasteiger partial charge is 0.507 e. The van der Waals surface area contributed by atoms with Crippen LogP contribution in [0.3, 0.4) is 0 Å². The van der Waals surface area contributed by atoms with E-state index in [1.165, 1.54) is 30.3 Å². The molecule has 0 aliphatic carbocycles. The lowest BCUT2D eigenvalue weighted by Gasteiger charge is -2.18. The second-order valence-electron chi connectivity index (χ2n) is 7.59. The molecule has 0 radical (unpaired) electrons. The number of pyridine rings is 1. The lowest BCUT2D eigenvalue weighted by molar-refractivity contribution is 0.104. The molecular weight excluding hydrogens is 420 g/mol. The minimum atomic E-state index is -0.481. The van der Waals surface area contributed by atoms with Crippen molar-refractivity contribution in [3.63, 3.8) is 0 Å². The smallest absolute Gasteiger partial charge is 0.195 e. The SMILES string of the molecule is O=C(c1ccccc1)c1c(-c2ccccc2O)nc2cc(F)ccc2c1-c1ccc(F)cc1. The molecule has 0 aliphatic heterocycles. The van der Waals surface area contributed by atoms with Crippen LogP contribution in [-0.4, -0.2) is 15.9 Å². The highest BCUT2D eigenvalue weighted by molar-refractivity contribution is 6.20. The molecule has 0 bridgehead atoms. The van der Waals surface area contributed by atoms with Gasteiger partial charge in [0.05, 0.1) is 16.8 Å². The van der Waals surface area contributed by atoms with Crippen molar-refractivity contribution < 1.29 is 18.7 Å². The van der Waals surface area contributed by atoms with Gasteiger partial charge in [-0.1, -0.05) is 54.6 Å². The zero-order valence-electron chi connectivity index (χ0n) is 17.3. The van der Waals surface area contributed by atoms with Crippen molar-refractivity contribution in [2.24, 2.45) is 0 Å². The van der Waals surface area contributed by atoms with Crippen LogP contribution < -0.4 is 0 Å². The summed E-state index contributed by atoms with van der Waals surface area (Å²) in [7, 11) is 0. The van der Waals surface area contributed by atoms with E-state index >= 15 is 0 Å². The van der Waals surface area contributed by atoms with E-state index in [9.17, 15) is 18.7 Å². The van der Waals surface area contributed by atoms with Gasteiger partial charge in [0.1, 0.15) is 17.4 Å². The van der Waals surface area contributed by atoms with Gasteiger partial charge in [0.25, 0.3) is 0 Å². The third-order valence-electron chi connectivity index (χ3n) is 5.50. The molecule has 33 heavy (non-hydrogen) atoms. The van der Waals surface area contributed by atoms with Crippen LogP contribution in [0, 0.1) is 11.6 Å². The first kappa shape index (κ1) is 20.5. The second kappa shape index (κ2) is 8.28. The molecule has 0 amide bonds. The minimum absolute atomic E-state index is 0.0621. The van der Waals surface area contributed by atoms with Gasteiger partial charge < -0.3 is 5.11 Å². The van der Waals surface area contributed by atoms with Crippen LogP contribution in [0.1, 0.15) is 15.9 Å². The number of benzene rings is 4. The van der Waals surface area contributed by atoms with Crippen molar-refractivity contribution in [3.8, 4) is 28.1 Å². The fraction of sp³-hybridized carbons (Fsp3) is 0. The highest BCUT2D eigenvalue weighted by atomic mass is 19.1. The Kier molecular flexibility index (Phi) is 5.15. The highest BCUT2D eigenvalue weighted by Crippen LogP contribution is 2.40. The molecule has 4 aromatic carbocycles. The quantitative estimate of drug-likeness (QED) is 0.315. The summed E-state index contributed by atoms with van der Waals surface area (Å²) in [5, 5.41) is 11.1. The predicted molar refractivity (Wildman–Crippen MR) is 124 cm³/mol. The molecule has 5 heteroatoms. The number of carbonyl (C=O) groups is 1. The van der Waals surface area contributed by atoms with Crippen LogP contribution >= 0.6 is 0 Å². The second-order valence-corrected chi connectivity index (χ2v) is 7.59. The maximum atomic E-state index is 14.2. The fourth-order valence-electron chi connectivity index (χ4n) is 3.98. The fourth-order valence-corrected chi connectivity index (χ4v) is 3.98. The van der Waals surface area contributed by atoms with Gasteiger partial charge in [0, 0.05) is 28.1 Å². The summed E-state index contributed by atoms with van der Waals surface area (Å²) in [6, 6.07) is 25.2. The van der Waals surface area contributed by atoms with Gasteiger partial charge in [-0.25, -0.2) is 13.8 Å². The van der Waals surface area contributed by atoms with Crippen LogP contribution in [0.2, 0.25) is 0 Å². The molecule has 0 atom stereocenters. The normalized spacial score (nSPS) is 11.0. The third kappa shape index (κ3) is 3.74. The number of fused-ring (bicyclic) bond motifs is 1. The van der Waals surface area contributed by atoms with E-state index in [-0.39, 0.29) is 22.8 Å². The number of halogens is 2. The zero-order valence-corrected chi connectivity index (χ0v) is 17.3. The Hall–Kier alpha value is -4.38. The Morgan fingerprint density at radius 3 is 2.15 bits per heavy atom. The first-order valence-electron chi connectivity index (χ1n) is 10.3. The summed E-state index contributed by atoms with van der Waals surface area (Å²) in [4.78, 5) is 18.5. The molecule has 5 aromatic rings.